The summed E-state index contributed by atoms with van der Waals surface area (Å²) in [5, 5.41) is 4.30. The number of amides is 2. The van der Waals surface area contributed by atoms with Crippen molar-refractivity contribution in [1.82, 2.24) is 19.6 Å². The second-order valence-electron chi connectivity index (χ2n) is 7.64. The van der Waals surface area contributed by atoms with Crippen LogP contribution in [0.4, 0.5) is 0 Å². The maximum atomic E-state index is 12.8. The highest BCUT2D eigenvalue weighted by molar-refractivity contribution is 5.93. The monoisotopic (exact) mass is 382 g/mol. The minimum atomic E-state index is -0.286. The largest absolute Gasteiger partial charge is 0.497 e. The Kier molecular flexibility index (Phi) is 4.83. The lowest BCUT2D eigenvalue weighted by atomic mass is 9.71. The lowest BCUT2D eigenvalue weighted by molar-refractivity contribution is -0.165. The van der Waals surface area contributed by atoms with Gasteiger partial charge in [-0.1, -0.05) is 12.1 Å². The Balaban J connectivity index is 1.32. The third-order valence-corrected chi connectivity index (χ3v) is 5.96. The summed E-state index contributed by atoms with van der Waals surface area (Å²) in [6, 6.07) is 9.58. The molecule has 28 heavy (non-hydrogen) atoms. The van der Waals surface area contributed by atoms with Crippen molar-refractivity contribution in [1.29, 1.82) is 0 Å². The molecule has 1 aromatic carbocycles. The van der Waals surface area contributed by atoms with Gasteiger partial charge in [-0.2, -0.15) is 5.10 Å². The summed E-state index contributed by atoms with van der Waals surface area (Å²) in [5.74, 6) is 0.991. The number of aromatic nitrogens is 2. The zero-order chi connectivity index (χ0) is 19.7. The number of likely N-dealkylation sites (tertiary alicyclic amines) is 2. The van der Waals surface area contributed by atoms with E-state index in [1.165, 1.54) is 0 Å². The third kappa shape index (κ3) is 3.25. The summed E-state index contributed by atoms with van der Waals surface area (Å²) in [7, 11) is 1.64. The van der Waals surface area contributed by atoms with Crippen LogP contribution in [0.2, 0.25) is 0 Å². The van der Waals surface area contributed by atoms with Crippen LogP contribution in [0.1, 0.15) is 35.8 Å². The first-order valence-electron chi connectivity index (χ1n) is 9.80. The van der Waals surface area contributed by atoms with Crippen molar-refractivity contribution in [2.75, 3.05) is 26.7 Å². The van der Waals surface area contributed by atoms with E-state index < -0.39 is 0 Å². The molecule has 2 aromatic rings. The maximum absolute atomic E-state index is 12.8. The molecule has 3 heterocycles. The Hall–Kier alpha value is -2.83. The van der Waals surface area contributed by atoms with Gasteiger partial charge >= 0.3 is 0 Å². The number of hydrogen-bond acceptors (Lipinski definition) is 4. The van der Waals surface area contributed by atoms with Crippen LogP contribution < -0.4 is 4.74 Å². The third-order valence-electron chi connectivity index (χ3n) is 5.96. The number of carbonyl (C=O) groups excluding carboxylic acids is 2. The number of nitrogens with zero attached hydrogens (tertiary/aromatic N) is 4. The van der Waals surface area contributed by atoms with Gasteiger partial charge in [0.1, 0.15) is 11.4 Å². The van der Waals surface area contributed by atoms with E-state index in [4.69, 9.17) is 4.74 Å². The van der Waals surface area contributed by atoms with E-state index in [0.29, 0.717) is 25.3 Å². The first kappa shape index (κ1) is 18.5. The Morgan fingerprint density at radius 3 is 2.46 bits per heavy atom. The van der Waals surface area contributed by atoms with Gasteiger partial charge in [0.2, 0.25) is 5.91 Å². The van der Waals surface area contributed by atoms with Gasteiger partial charge in [0, 0.05) is 38.9 Å². The van der Waals surface area contributed by atoms with Crippen molar-refractivity contribution in [3.63, 3.8) is 0 Å². The molecule has 7 nitrogen and oxygen atoms in total. The maximum Gasteiger partial charge on any atom is 0.274 e. The van der Waals surface area contributed by atoms with Gasteiger partial charge in [-0.15, -0.1) is 0 Å². The zero-order valence-corrected chi connectivity index (χ0v) is 16.4. The number of methoxy groups -OCH3 is 1. The minimum Gasteiger partial charge on any atom is -0.497 e. The van der Waals surface area contributed by atoms with E-state index in [-0.39, 0.29) is 17.2 Å². The Morgan fingerprint density at radius 2 is 1.89 bits per heavy atom. The number of benzene rings is 1. The summed E-state index contributed by atoms with van der Waals surface area (Å²) >= 11 is 0. The smallest absolute Gasteiger partial charge is 0.274 e. The van der Waals surface area contributed by atoms with Gasteiger partial charge in [0.15, 0.2) is 0 Å². The first-order chi connectivity index (χ1) is 13.5. The molecule has 0 bridgehead atoms. The SMILES string of the molecule is CCn1ccc(C(=O)N2CCC3(CC2)CN(Cc2ccc(OC)cc2)C3=O)n1. The van der Waals surface area contributed by atoms with Crippen LogP contribution in [0.3, 0.4) is 0 Å². The van der Waals surface area contributed by atoms with Gasteiger partial charge < -0.3 is 14.5 Å². The molecule has 2 amide bonds. The predicted octanol–water partition coefficient (Wildman–Crippen LogP) is 2.18. The molecule has 0 aliphatic carbocycles. The molecule has 0 N–H and O–H groups in total. The van der Waals surface area contributed by atoms with Crippen LogP contribution in [0.15, 0.2) is 36.5 Å². The van der Waals surface area contributed by atoms with Crippen LogP contribution in [0.5, 0.6) is 5.75 Å². The number of ether oxygens (including phenoxy) is 1. The second-order valence-corrected chi connectivity index (χ2v) is 7.64. The van der Waals surface area contributed by atoms with Gasteiger partial charge in [-0.25, -0.2) is 0 Å². The molecule has 2 saturated heterocycles. The molecule has 148 valence electrons. The Bertz CT molecular complexity index is 866. The molecule has 0 unspecified atom stereocenters. The summed E-state index contributed by atoms with van der Waals surface area (Å²) in [4.78, 5) is 29.2. The van der Waals surface area contributed by atoms with Crippen molar-refractivity contribution >= 4 is 11.8 Å². The van der Waals surface area contributed by atoms with Crippen molar-refractivity contribution in [3.8, 4) is 5.75 Å². The normalized spacial score (nSPS) is 18.3. The quantitative estimate of drug-likeness (QED) is 0.744. The Morgan fingerprint density at radius 1 is 1.18 bits per heavy atom. The highest BCUT2D eigenvalue weighted by atomic mass is 16.5. The fourth-order valence-electron chi connectivity index (χ4n) is 4.15. The highest BCUT2D eigenvalue weighted by Crippen LogP contribution is 2.42. The molecular formula is C21H26N4O3. The lowest BCUT2D eigenvalue weighted by Gasteiger charge is -2.52. The molecule has 1 aromatic heterocycles. The summed E-state index contributed by atoms with van der Waals surface area (Å²) in [6.07, 6.45) is 3.28. The van der Waals surface area contributed by atoms with Gasteiger partial charge in [-0.05, 0) is 43.5 Å². The molecule has 4 rings (SSSR count). The number of rotatable bonds is 5. The number of aryl methyl sites for hydroxylation is 1. The molecule has 2 fully saturated rings. The predicted molar refractivity (Wildman–Crippen MR) is 104 cm³/mol. The van der Waals surface area contributed by atoms with E-state index in [9.17, 15) is 9.59 Å². The molecule has 0 atom stereocenters. The van der Waals surface area contributed by atoms with Gasteiger partial charge in [0.25, 0.3) is 5.91 Å². The number of hydrogen-bond donors (Lipinski definition) is 0. The average Bonchev–Trinajstić information content (AvgIpc) is 3.23. The summed E-state index contributed by atoms with van der Waals surface area (Å²) < 4.78 is 6.93. The molecule has 7 heteroatoms. The molecule has 2 aliphatic rings. The van der Waals surface area contributed by atoms with E-state index in [2.05, 4.69) is 5.10 Å². The second kappa shape index (κ2) is 7.30. The molecule has 2 aliphatic heterocycles. The standard InChI is InChI=1S/C21H26N4O3/c1-3-25-11-8-18(22-25)19(26)23-12-9-21(10-13-23)15-24(20(21)27)14-16-4-6-17(28-2)7-5-16/h4-8,11H,3,9-10,12-15H2,1-2H3. The van der Waals surface area contributed by atoms with E-state index in [1.807, 2.05) is 47.2 Å². The van der Waals surface area contributed by atoms with Crippen LogP contribution >= 0.6 is 0 Å². The minimum absolute atomic E-state index is 0.0380. The first-order valence-corrected chi connectivity index (χ1v) is 9.80. The van der Waals surface area contributed by atoms with E-state index in [1.54, 1.807) is 17.9 Å². The van der Waals surface area contributed by atoms with E-state index in [0.717, 1.165) is 37.2 Å². The van der Waals surface area contributed by atoms with Crippen molar-refractivity contribution in [2.24, 2.45) is 5.41 Å². The molecular weight excluding hydrogens is 356 g/mol. The summed E-state index contributed by atoms with van der Waals surface area (Å²) in [5.41, 5.74) is 1.30. The van der Waals surface area contributed by atoms with Crippen molar-refractivity contribution in [2.45, 2.75) is 32.9 Å². The number of carbonyl (C=O) groups is 2. The van der Waals surface area contributed by atoms with Crippen LogP contribution in [-0.2, 0) is 17.9 Å². The summed E-state index contributed by atoms with van der Waals surface area (Å²) in [6.45, 7) is 5.35. The van der Waals surface area contributed by atoms with Crippen LogP contribution in [-0.4, -0.2) is 58.1 Å². The zero-order valence-electron chi connectivity index (χ0n) is 16.4. The van der Waals surface area contributed by atoms with Gasteiger partial charge in [0.05, 0.1) is 12.5 Å². The molecule has 1 spiro atoms. The lowest BCUT2D eigenvalue weighted by Crippen LogP contribution is -2.64. The molecule has 0 radical (unpaired) electrons. The fraction of sp³-hybridized carbons (Fsp3) is 0.476. The van der Waals surface area contributed by atoms with E-state index >= 15 is 0 Å². The highest BCUT2D eigenvalue weighted by Gasteiger charge is 2.53. The fourth-order valence-corrected chi connectivity index (χ4v) is 4.15. The number of piperidine rings is 1. The number of β-lactam (4-membered cyclic amide) rings is 1. The van der Waals surface area contributed by atoms with Crippen LogP contribution in [0, 0.1) is 5.41 Å². The average molecular weight is 382 g/mol. The van der Waals surface area contributed by atoms with Crippen molar-refractivity contribution < 1.29 is 14.3 Å². The molecule has 0 saturated carbocycles. The van der Waals surface area contributed by atoms with Crippen molar-refractivity contribution in [3.05, 3.63) is 47.8 Å². The topological polar surface area (TPSA) is 67.7 Å². The van der Waals surface area contributed by atoms with Gasteiger partial charge in [-0.3, -0.25) is 14.3 Å². The van der Waals surface area contributed by atoms with Crippen LogP contribution in [0.25, 0.3) is 0 Å². The Labute approximate surface area is 164 Å².